The van der Waals surface area contributed by atoms with Crippen molar-refractivity contribution in [1.82, 2.24) is 4.90 Å². The molecule has 0 heterocycles. The van der Waals surface area contributed by atoms with Crippen LogP contribution in [0.4, 0.5) is 10.5 Å². The first-order chi connectivity index (χ1) is 9.56. The number of hydrogen-bond acceptors (Lipinski definition) is 5. The molecule has 112 valence electrons. The number of phenols is 2. The minimum absolute atomic E-state index is 0.124. The van der Waals surface area contributed by atoms with Crippen LogP contribution in [0.5, 0.6) is 11.5 Å². The van der Waals surface area contributed by atoms with E-state index in [-0.39, 0.29) is 17.5 Å². The van der Waals surface area contributed by atoms with Crippen molar-refractivity contribution in [3.05, 3.63) is 18.2 Å². The van der Waals surface area contributed by atoms with Gasteiger partial charge in [-0.3, -0.25) is 0 Å². The van der Waals surface area contributed by atoms with Crippen molar-refractivity contribution in [3.63, 3.8) is 0 Å². The van der Waals surface area contributed by atoms with Gasteiger partial charge in [-0.1, -0.05) is 0 Å². The van der Waals surface area contributed by atoms with Crippen molar-refractivity contribution in [2.24, 2.45) is 0 Å². The maximum absolute atomic E-state index is 12.1. The number of carbonyl (C=O) groups excluding carboxylic acids is 1. The molecule has 0 saturated heterocycles. The molecule has 3 N–H and O–H groups in total. The second-order valence-corrected chi connectivity index (χ2v) is 4.14. The highest BCUT2D eigenvalue weighted by Gasteiger charge is 2.13. The van der Waals surface area contributed by atoms with Crippen LogP contribution in [0.25, 0.3) is 0 Å². The Bertz CT molecular complexity index is 411. The molecule has 2 amide bonds. The molecule has 1 rings (SSSR count). The lowest BCUT2D eigenvalue weighted by Crippen LogP contribution is -2.39. The van der Waals surface area contributed by atoms with E-state index >= 15 is 0 Å². The Hall–Kier alpha value is -1.99. The fraction of sp³-hybridized carbons (Fsp3) is 0.462. The Morgan fingerprint density at radius 3 is 2.05 bits per heavy atom. The third kappa shape index (κ3) is 5.33. The predicted molar refractivity (Wildman–Crippen MR) is 74.1 cm³/mol. The second-order valence-electron chi connectivity index (χ2n) is 4.14. The van der Waals surface area contributed by atoms with Crippen molar-refractivity contribution in [2.75, 3.05) is 45.8 Å². The zero-order valence-corrected chi connectivity index (χ0v) is 11.6. The van der Waals surface area contributed by atoms with Crippen molar-refractivity contribution in [1.29, 1.82) is 0 Å². The number of nitrogens with one attached hydrogen (secondary N) is 1. The fourth-order valence-electron chi connectivity index (χ4n) is 1.59. The molecular formula is C13H20N2O5. The van der Waals surface area contributed by atoms with Crippen molar-refractivity contribution in [2.45, 2.75) is 0 Å². The molecular weight excluding hydrogens is 264 g/mol. The third-order valence-corrected chi connectivity index (χ3v) is 2.57. The van der Waals surface area contributed by atoms with Gasteiger partial charge in [-0.05, 0) is 0 Å². The topological polar surface area (TPSA) is 91.3 Å². The van der Waals surface area contributed by atoms with Gasteiger partial charge in [0.05, 0.1) is 13.2 Å². The standard InChI is InChI=1S/C13H20N2O5/c1-19-5-3-15(4-6-20-2)13(18)14-10-7-11(16)9-12(17)8-10/h7-9,16-17H,3-6H2,1-2H3,(H,14,18). The molecule has 0 aliphatic rings. The number of aromatic hydroxyl groups is 2. The largest absolute Gasteiger partial charge is 0.508 e. The van der Waals surface area contributed by atoms with Gasteiger partial charge in [0, 0.05) is 51.2 Å². The zero-order valence-electron chi connectivity index (χ0n) is 11.6. The number of ether oxygens (including phenoxy) is 2. The number of rotatable bonds is 7. The molecule has 0 aliphatic heterocycles. The van der Waals surface area contributed by atoms with Gasteiger partial charge in [-0.25, -0.2) is 4.79 Å². The number of phenolic OH excluding ortho intramolecular Hbond substituents is 2. The van der Waals surface area contributed by atoms with Crippen LogP contribution in [0.2, 0.25) is 0 Å². The van der Waals surface area contributed by atoms with Crippen LogP contribution in [0.3, 0.4) is 0 Å². The van der Waals surface area contributed by atoms with E-state index in [0.29, 0.717) is 32.0 Å². The molecule has 0 unspecified atom stereocenters. The minimum atomic E-state index is -0.357. The molecule has 0 radical (unpaired) electrons. The maximum Gasteiger partial charge on any atom is 0.322 e. The number of nitrogens with zero attached hydrogens (tertiary/aromatic N) is 1. The first-order valence-corrected chi connectivity index (χ1v) is 6.13. The van der Waals surface area contributed by atoms with Gasteiger partial charge in [-0.15, -0.1) is 0 Å². The summed E-state index contributed by atoms with van der Waals surface area (Å²) in [6, 6.07) is 3.53. The lowest BCUT2D eigenvalue weighted by molar-refractivity contribution is 0.127. The van der Waals surface area contributed by atoms with Crippen molar-refractivity contribution >= 4 is 11.7 Å². The zero-order chi connectivity index (χ0) is 15.0. The Morgan fingerprint density at radius 1 is 1.10 bits per heavy atom. The molecule has 0 atom stereocenters. The maximum atomic E-state index is 12.1. The number of benzene rings is 1. The van der Waals surface area contributed by atoms with Crippen LogP contribution in [-0.4, -0.2) is 61.7 Å². The van der Waals surface area contributed by atoms with E-state index in [0.717, 1.165) is 0 Å². The summed E-state index contributed by atoms with van der Waals surface area (Å²) in [7, 11) is 3.11. The summed E-state index contributed by atoms with van der Waals surface area (Å²) in [4.78, 5) is 13.6. The van der Waals surface area contributed by atoms with Crippen LogP contribution < -0.4 is 5.32 Å². The fourth-order valence-corrected chi connectivity index (χ4v) is 1.59. The number of amides is 2. The molecule has 0 bridgehead atoms. The van der Waals surface area contributed by atoms with Gasteiger partial charge in [0.25, 0.3) is 0 Å². The molecule has 20 heavy (non-hydrogen) atoms. The molecule has 0 aliphatic carbocycles. The van der Waals surface area contributed by atoms with Crippen molar-refractivity contribution < 1.29 is 24.5 Å². The van der Waals surface area contributed by atoms with Gasteiger partial charge >= 0.3 is 6.03 Å². The minimum Gasteiger partial charge on any atom is -0.508 e. The van der Waals surface area contributed by atoms with E-state index in [9.17, 15) is 15.0 Å². The van der Waals surface area contributed by atoms with Crippen LogP contribution in [0.1, 0.15) is 0 Å². The summed E-state index contributed by atoms with van der Waals surface area (Å²) in [6.07, 6.45) is 0. The summed E-state index contributed by atoms with van der Waals surface area (Å²) in [6.45, 7) is 1.64. The molecule has 7 nitrogen and oxygen atoms in total. The van der Waals surface area contributed by atoms with Gasteiger partial charge in [0.15, 0.2) is 0 Å². The molecule has 0 saturated carbocycles. The number of methoxy groups -OCH3 is 2. The summed E-state index contributed by atoms with van der Waals surface area (Å²) in [5, 5.41) is 21.3. The Morgan fingerprint density at radius 2 is 1.60 bits per heavy atom. The first kappa shape index (κ1) is 16.1. The summed E-state index contributed by atoms with van der Waals surface area (Å²) in [5.74, 6) is -0.249. The molecule has 0 aromatic heterocycles. The van der Waals surface area contributed by atoms with Crippen LogP contribution >= 0.6 is 0 Å². The van der Waals surface area contributed by atoms with E-state index in [4.69, 9.17) is 9.47 Å². The molecule has 1 aromatic carbocycles. The van der Waals surface area contributed by atoms with E-state index in [2.05, 4.69) is 5.32 Å². The summed E-state index contributed by atoms with van der Waals surface area (Å²) >= 11 is 0. The molecule has 7 heteroatoms. The molecule has 0 fully saturated rings. The Balaban J connectivity index is 2.68. The first-order valence-electron chi connectivity index (χ1n) is 6.13. The predicted octanol–water partition coefficient (Wildman–Crippen LogP) is 1.22. The van der Waals surface area contributed by atoms with Crippen LogP contribution in [0, 0.1) is 0 Å². The quantitative estimate of drug-likeness (QED) is 0.700. The smallest absolute Gasteiger partial charge is 0.322 e. The van der Waals surface area contributed by atoms with E-state index in [1.165, 1.54) is 23.1 Å². The molecule has 0 spiro atoms. The SMILES string of the molecule is COCCN(CCOC)C(=O)Nc1cc(O)cc(O)c1. The summed E-state index contributed by atoms with van der Waals surface area (Å²) < 4.78 is 9.90. The normalized spacial score (nSPS) is 10.3. The number of carbonyl (C=O) groups is 1. The number of hydrogen-bond donors (Lipinski definition) is 3. The van der Waals surface area contributed by atoms with E-state index in [1.807, 2.05) is 0 Å². The van der Waals surface area contributed by atoms with Crippen LogP contribution in [0.15, 0.2) is 18.2 Å². The van der Waals surface area contributed by atoms with Gasteiger partial charge in [-0.2, -0.15) is 0 Å². The van der Waals surface area contributed by atoms with E-state index < -0.39 is 0 Å². The Kier molecular flexibility index (Phi) is 6.61. The third-order valence-electron chi connectivity index (χ3n) is 2.57. The van der Waals surface area contributed by atoms with E-state index in [1.54, 1.807) is 14.2 Å². The Labute approximate surface area is 117 Å². The number of urea groups is 1. The lowest BCUT2D eigenvalue weighted by Gasteiger charge is -2.22. The highest BCUT2D eigenvalue weighted by atomic mass is 16.5. The van der Waals surface area contributed by atoms with Gasteiger partial charge in [0.1, 0.15) is 11.5 Å². The van der Waals surface area contributed by atoms with Crippen LogP contribution in [-0.2, 0) is 9.47 Å². The average Bonchev–Trinajstić information content (AvgIpc) is 2.37. The summed E-state index contributed by atoms with van der Waals surface area (Å²) in [5.41, 5.74) is 0.312. The van der Waals surface area contributed by atoms with Crippen molar-refractivity contribution in [3.8, 4) is 11.5 Å². The second kappa shape index (κ2) is 8.23. The monoisotopic (exact) mass is 284 g/mol. The highest BCUT2D eigenvalue weighted by Crippen LogP contribution is 2.24. The average molecular weight is 284 g/mol. The molecule has 1 aromatic rings. The van der Waals surface area contributed by atoms with Gasteiger partial charge in [0.2, 0.25) is 0 Å². The lowest BCUT2D eigenvalue weighted by atomic mass is 10.3. The number of anilines is 1. The van der Waals surface area contributed by atoms with Gasteiger partial charge < -0.3 is 29.9 Å². The highest BCUT2D eigenvalue weighted by molar-refractivity contribution is 5.89.